The van der Waals surface area contributed by atoms with E-state index in [1.54, 1.807) is 6.92 Å². The van der Waals surface area contributed by atoms with Gasteiger partial charge in [0.15, 0.2) is 0 Å². The third kappa shape index (κ3) is 4.28. The van der Waals surface area contributed by atoms with Gasteiger partial charge in [-0.3, -0.25) is 0 Å². The van der Waals surface area contributed by atoms with E-state index in [0.29, 0.717) is 6.42 Å². The Morgan fingerprint density at radius 1 is 1.43 bits per heavy atom. The highest BCUT2D eigenvalue weighted by atomic mass is 19.4. The summed E-state index contributed by atoms with van der Waals surface area (Å²) in [5.41, 5.74) is 0. The lowest BCUT2D eigenvalue weighted by molar-refractivity contribution is -0.151. The molecule has 84 valence electrons. The van der Waals surface area contributed by atoms with Gasteiger partial charge in [0, 0.05) is 19.5 Å². The molecule has 1 fully saturated rings. The van der Waals surface area contributed by atoms with Crippen LogP contribution in [0.5, 0.6) is 0 Å². The van der Waals surface area contributed by atoms with E-state index in [1.807, 2.05) is 0 Å². The van der Waals surface area contributed by atoms with E-state index in [4.69, 9.17) is 4.74 Å². The quantitative estimate of drug-likeness (QED) is 0.750. The number of rotatable bonds is 5. The zero-order chi connectivity index (χ0) is 10.6. The van der Waals surface area contributed by atoms with Gasteiger partial charge in [-0.1, -0.05) is 13.3 Å². The third-order valence-corrected chi connectivity index (χ3v) is 2.41. The van der Waals surface area contributed by atoms with Crippen LogP contribution in [0.25, 0.3) is 0 Å². The Labute approximate surface area is 81.8 Å². The first kappa shape index (κ1) is 11.8. The molecule has 0 spiro atoms. The Morgan fingerprint density at radius 2 is 2.07 bits per heavy atom. The van der Waals surface area contributed by atoms with E-state index in [2.05, 4.69) is 5.32 Å². The molecule has 1 aliphatic heterocycles. The maximum absolute atomic E-state index is 12.0. The summed E-state index contributed by atoms with van der Waals surface area (Å²) in [7, 11) is 0. The number of halogens is 3. The highest BCUT2D eigenvalue weighted by Crippen LogP contribution is 2.26. The summed E-state index contributed by atoms with van der Waals surface area (Å²) in [5.74, 6) is -0.393. The van der Waals surface area contributed by atoms with Crippen LogP contribution in [0.4, 0.5) is 13.2 Å². The highest BCUT2D eigenvalue weighted by Gasteiger charge is 2.31. The zero-order valence-electron chi connectivity index (χ0n) is 8.23. The summed E-state index contributed by atoms with van der Waals surface area (Å²) in [6.45, 7) is 3.52. The number of nitrogens with one attached hydrogen (secondary N) is 1. The van der Waals surface area contributed by atoms with Gasteiger partial charge >= 0.3 is 6.18 Å². The molecule has 0 aliphatic carbocycles. The second kappa shape index (κ2) is 4.98. The molecule has 1 N–H and O–H groups in total. The van der Waals surface area contributed by atoms with Crippen LogP contribution in [-0.4, -0.2) is 32.0 Å². The van der Waals surface area contributed by atoms with Crippen molar-refractivity contribution in [2.24, 2.45) is 5.92 Å². The maximum Gasteiger partial charge on any atom is 0.389 e. The minimum absolute atomic E-state index is 0.122. The van der Waals surface area contributed by atoms with Gasteiger partial charge in [-0.15, -0.1) is 0 Å². The summed E-state index contributed by atoms with van der Waals surface area (Å²) in [4.78, 5) is 0. The van der Waals surface area contributed by atoms with Gasteiger partial charge in [-0.25, -0.2) is 0 Å². The van der Waals surface area contributed by atoms with Gasteiger partial charge in [0.1, 0.15) is 0 Å². The fraction of sp³-hybridized carbons (Fsp3) is 1.00. The predicted molar refractivity (Wildman–Crippen MR) is 47.1 cm³/mol. The van der Waals surface area contributed by atoms with Crippen LogP contribution in [0.3, 0.4) is 0 Å². The minimum Gasteiger partial charge on any atom is -0.375 e. The van der Waals surface area contributed by atoms with Crippen molar-refractivity contribution < 1.29 is 17.9 Å². The molecule has 0 radical (unpaired) electrons. The number of ether oxygens (including phenoxy) is 1. The fourth-order valence-corrected chi connectivity index (χ4v) is 1.30. The smallest absolute Gasteiger partial charge is 0.375 e. The van der Waals surface area contributed by atoms with Gasteiger partial charge in [0.2, 0.25) is 0 Å². The normalized spacial score (nSPS) is 20.6. The SMILES string of the molecule is CCC(COC1CNC1)CC(F)(F)F. The van der Waals surface area contributed by atoms with Crippen LogP contribution in [-0.2, 0) is 4.74 Å². The van der Waals surface area contributed by atoms with Crippen LogP contribution in [0.2, 0.25) is 0 Å². The van der Waals surface area contributed by atoms with Crippen LogP contribution in [0, 0.1) is 5.92 Å². The molecule has 0 bridgehead atoms. The summed E-state index contributed by atoms with van der Waals surface area (Å²) in [6, 6.07) is 0. The van der Waals surface area contributed by atoms with Crippen LogP contribution in [0.1, 0.15) is 19.8 Å². The molecule has 1 aliphatic rings. The summed E-state index contributed by atoms with van der Waals surface area (Å²) < 4.78 is 41.4. The molecule has 1 atom stereocenters. The lowest BCUT2D eigenvalue weighted by Gasteiger charge is -2.29. The Morgan fingerprint density at radius 3 is 2.43 bits per heavy atom. The molecule has 5 heteroatoms. The first-order valence-electron chi connectivity index (χ1n) is 4.90. The minimum atomic E-state index is -4.07. The lowest BCUT2D eigenvalue weighted by Crippen LogP contribution is -2.49. The average Bonchev–Trinajstić information content (AvgIpc) is 1.97. The molecule has 0 aromatic rings. The van der Waals surface area contributed by atoms with Crippen molar-refractivity contribution in [3.8, 4) is 0 Å². The summed E-state index contributed by atoms with van der Waals surface area (Å²) in [5, 5.41) is 3.00. The molecule has 1 rings (SSSR count). The van der Waals surface area contributed by atoms with Gasteiger partial charge in [-0.05, 0) is 5.92 Å². The van der Waals surface area contributed by atoms with E-state index < -0.39 is 18.5 Å². The highest BCUT2D eigenvalue weighted by molar-refractivity contribution is 4.75. The van der Waals surface area contributed by atoms with Gasteiger partial charge in [0.25, 0.3) is 0 Å². The molecular weight excluding hydrogens is 195 g/mol. The molecule has 1 unspecified atom stereocenters. The monoisotopic (exact) mass is 211 g/mol. The molecule has 0 aromatic heterocycles. The molecule has 14 heavy (non-hydrogen) atoms. The van der Waals surface area contributed by atoms with Crippen molar-refractivity contribution >= 4 is 0 Å². The van der Waals surface area contributed by atoms with Crippen LogP contribution in [0.15, 0.2) is 0 Å². The first-order chi connectivity index (χ1) is 6.51. The van der Waals surface area contributed by atoms with E-state index in [0.717, 1.165) is 13.1 Å². The van der Waals surface area contributed by atoms with E-state index >= 15 is 0 Å². The average molecular weight is 211 g/mol. The second-order valence-corrected chi connectivity index (χ2v) is 3.71. The number of alkyl halides is 3. The van der Waals surface area contributed by atoms with Crippen molar-refractivity contribution in [1.29, 1.82) is 0 Å². The van der Waals surface area contributed by atoms with Crippen molar-refractivity contribution in [3.05, 3.63) is 0 Å². The van der Waals surface area contributed by atoms with Gasteiger partial charge in [0.05, 0.1) is 12.7 Å². The largest absolute Gasteiger partial charge is 0.389 e. The predicted octanol–water partition coefficient (Wildman–Crippen LogP) is 1.95. The lowest BCUT2D eigenvalue weighted by atomic mass is 10.0. The molecule has 2 nitrogen and oxygen atoms in total. The van der Waals surface area contributed by atoms with Crippen LogP contribution >= 0.6 is 0 Å². The molecular formula is C9H16F3NO. The van der Waals surface area contributed by atoms with E-state index in [9.17, 15) is 13.2 Å². The summed E-state index contributed by atoms with van der Waals surface area (Å²) in [6.07, 6.45) is -4.16. The Bertz CT molecular complexity index is 168. The first-order valence-corrected chi connectivity index (χ1v) is 4.90. The van der Waals surface area contributed by atoms with Crippen molar-refractivity contribution in [3.63, 3.8) is 0 Å². The van der Waals surface area contributed by atoms with E-state index in [-0.39, 0.29) is 12.7 Å². The Hall–Kier alpha value is -0.290. The maximum atomic E-state index is 12.0. The standard InChI is InChI=1S/C9H16F3NO/c1-2-7(3-9(10,11)12)6-14-8-4-13-5-8/h7-8,13H,2-6H2,1H3. The zero-order valence-corrected chi connectivity index (χ0v) is 8.23. The van der Waals surface area contributed by atoms with Crippen molar-refractivity contribution in [2.75, 3.05) is 19.7 Å². The number of hydrogen-bond donors (Lipinski definition) is 1. The van der Waals surface area contributed by atoms with Gasteiger partial charge in [-0.2, -0.15) is 13.2 Å². The molecule has 0 amide bonds. The summed E-state index contributed by atoms with van der Waals surface area (Å²) >= 11 is 0. The molecule has 0 aromatic carbocycles. The molecule has 1 saturated heterocycles. The van der Waals surface area contributed by atoms with Crippen molar-refractivity contribution in [1.82, 2.24) is 5.32 Å². The topological polar surface area (TPSA) is 21.3 Å². The van der Waals surface area contributed by atoms with Crippen LogP contribution < -0.4 is 5.32 Å². The second-order valence-electron chi connectivity index (χ2n) is 3.71. The van der Waals surface area contributed by atoms with Crippen molar-refractivity contribution in [2.45, 2.75) is 32.0 Å². The Kier molecular flexibility index (Phi) is 4.19. The number of hydrogen-bond acceptors (Lipinski definition) is 2. The molecule has 1 heterocycles. The third-order valence-electron chi connectivity index (χ3n) is 2.41. The van der Waals surface area contributed by atoms with E-state index in [1.165, 1.54) is 0 Å². The van der Waals surface area contributed by atoms with Gasteiger partial charge < -0.3 is 10.1 Å². The molecule has 0 saturated carbocycles. The fourth-order valence-electron chi connectivity index (χ4n) is 1.30. The Balaban J connectivity index is 2.16.